The van der Waals surface area contributed by atoms with Crippen LogP contribution in [-0.2, 0) is 17.8 Å². The Kier molecular flexibility index (Phi) is 7.09. The summed E-state index contributed by atoms with van der Waals surface area (Å²) in [6.07, 6.45) is 3.07. The Hall–Kier alpha value is -3.97. The lowest BCUT2D eigenvalue weighted by atomic mass is 10.0. The maximum atomic E-state index is 13.4. The first-order valence-corrected chi connectivity index (χ1v) is 12.2. The van der Waals surface area contributed by atoms with Crippen molar-refractivity contribution < 1.29 is 14.0 Å². The topological polar surface area (TPSA) is 77.2 Å². The van der Waals surface area contributed by atoms with Gasteiger partial charge in [0.1, 0.15) is 11.9 Å². The minimum Gasteiger partial charge on any atom is -0.361 e. The Morgan fingerprint density at radius 1 is 1.00 bits per heavy atom. The fourth-order valence-electron chi connectivity index (χ4n) is 4.81. The first-order valence-electron chi connectivity index (χ1n) is 12.2. The van der Waals surface area contributed by atoms with Gasteiger partial charge in [-0.15, -0.1) is 0 Å². The number of carbonyl (C=O) groups excluding carboxylic acids is 2. The van der Waals surface area contributed by atoms with Crippen molar-refractivity contribution >= 4 is 22.7 Å². The van der Waals surface area contributed by atoms with Gasteiger partial charge in [0.05, 0.1) is 0 Å². The third-order valence-electron chi connectivity index (χ3n) is 6.69. The van der Waals surface area contributed by atoms with Crippen LogP contribution in [0.2, 0.25) is 0 Å². The van der Waals surface area contributed by atoms with Gasteiger partial charge in [0, 0.05) is 54.8 Å². The number of halogens is 1. The number of H-pyrrole nitrogens is 1. The number of aromatic amines is 1. The van der Waals surface area contributed by atoms with Gasteiger partial charge < -0.3 is 15.6 Å². The normalized spacial score (nSPS) is 16.6. The van der Waals surface area contributed by atoms with Crippen molar-refractivity contribution in [1.82, 2.24) is 20.5 Å². The highest BCUT2D eigenvalue weighted by molar-refractivity contribution is 5.98. The van der Waals surface area contributed by atoms with Gasteiger partial charge in [-0.05, 0) is 47.9 Å². The molecule has 0 spiro atoms. The monoisotopic (exact) mass is 484 g/mol. The molecule has 1 fully saturated rings. The summed E-state index contributed by atoms with van der Waals surface area (Å²) in [6, 6.07) is 22.7. The molecular weight excluding hydrogens is 455 g/mol. The van der Waals surface area contributed by atoms with Crippen molar-refractivity contribution in [2.75, 3.05) is 13.1 Å². The Morgan fingerprint density at radius 2 is 1.75 bits per heavy atom. The van der Waals surface area contributed by atoms with Crippen LogP contribution >= 0.6 is 0 Å². The Morgan fingerprint density at radius 3 is 2.56 bits per heavy atom. The first kappa shape index (κ1) is 23.8. The summed E-state index contributed by atoms with van der Waals surface area (Å²) in [6.45, 7) is 2.49. The summed E-state index contributed by atoms with van der Waals surface area (Å²) in [5.41, 5.74) is 3.47. The number of nitrogens with one attached hydrogen (secondary N) is 3. The van der Waals surface area contributed by atoms with Crippen LogP contribution in [0, 0.1) is 5.82 Å². The van der Waals surface area contributed by atoms with Crippen LogP contribution in [0.4, 0.5) is 4.39 Å². The molecule has 1 aliphatic heterocycles. The second-order valence-electron chi connectivity index (χ2n) is 9.31. The number of hydrogen-bond donors (Lipinski definition) is 3. The van der Waals surface area contributed by atoms with Gasteiger partial charge in [-0.2, -0.15) is 0 Å². The zero-order valence-electron chi connectivity index (χ0n) is 19.9. The lowest BCUT2D eigenvalue weighted by molar-refractivity contribution is -0.123. The van der Waals surface area contributed by atoms with Crippen LogP contribution in [0.15, 0.2) is 85.1 Å². The zero-order chi connectivity index (χ0) is 24.9. The van der Waals surface area contributed by atoms with Gasteiger partial charge in [0.15, 0.2) is 0 Å². The maximum absolute atomic E-state index is 13.4. The number of para-hydroxylation sites is 1. The molecule has 1 saturated heterocycles. The van der Waals surface area contributed by atoms with E-state index in [2.05, 4.69) is 32.7 Å². The van der Waals surface area contributed by atoms with Gasteiger partial charge >= 0.3 is 0 Å². The Labute approximate surface area is 209 Å². The van der Waals surface area contributed by atoms with E-state index in [4.69, 9.17) is 0 Å². The van der Waals surface area contributed by atoms with E-state index in [0.29, 0.717) is 12.0 Å². The van der Waals surface area contributed by atoms with Gasteiger partial charge in [0.25, 0.3) is 5.91 Å². The molecule has 2 atom stereocenters. The summed E-state index contributed by atoms with van der Waals surface area (Å²) in [7, 11) is 0. The third-order valence-corrected chi connectivity index (χ3v) is 6.69. The molecule has 1 aliphatic rings. The summed E-state index contributed by atoms with van der Waals surface area (Å²) in [4.78, 5) is 31.9. The van der Waals surface area contributed by atoms with E-state index >= 15 is 0 Å². The highest BCUT2D eigenvalue weighted by Crippen LogP contribution is 2.20. The third kappa shape index (κ3) is 5.63. The summed E-state index contributed by atoms with van der Waals surface area (Å²) < 4.78 is 13.3. The smallest absolute Gasteiger partial charge is 0.251 e. The van der Waals surface area contributed by atoms with E-state index in [9.17, 15) is 14.0 Å². The molecule has 184 valence electrons. The standard InChI is InChI=1S/C29H29FN4O2/c30-23-12-10-21(11-13-23)28(35)33-27(16-22-17-31-26-9-5-4-8-25(22)26)29(36)32-24-14-15-34(19-24)18-20-6-2-1-3-7-20/h1-13,17,24,27,31H,14-16,18-19H2,(H,32,36)(H,33,35)/t24-,27+/m0/s1. The molecule has 2 amide bonds. The van der Waals surface area contributed by atoms with Crippen molar-refractivity contribution in [1.29, 1.82) is 0 Å². The van der Waals surface area contributed by atoms with Gasteiger partial charge in [-0.3, -0.25) is 14.5 Å². The van der Waals surface area contributed by atoms with E-state index in [0.717, 1.165) is 42.5 Å². The molecule has 0 bridgehead atoms. The number of aromatic nitrogens is 1. The van der Waals surface area contributed by atoms with Gasteiger partial charge in [0.2, 0.25) is 5.91 Å². The largest absolute Gasteiger partial charge is 0.361 e. The van der Waals surface area contributed by atoms with E-state index in [1.54, 1.807) is 0 Å². The number of amides is 2. The minimum absolute atomic E-state index is 0.00871. The Balaban J connectivity index is 1.29. The first-order chi connectivity index (χ1) is 17.5. The predicted octanol–water partition coefficient (Wildman–Crippen LogP) is 4.04. The molecule has 0 aliphatic carbocycles. The molecule has 5 rings (SSSR count). The van der Waals surface area contributed by atoms with Crippen LogP contribution in [0.1, 0.15) is 27.9 Å². The number of hydrogen-bond acceptors (Lipinski definition) is 3. The number of carbonyl (C=O) groups is 2. The number of fused-ring (bicyclic) bond motifs is 1. The molecular formula is C29H29FN4O2. The van der Waals surface area contributed by atoms with Crippen molar-refractivity contribution in [3.05, 3.63) is 108 Å². The SMILES string of the molecule is O=C(N[C@H](Cc1c[nH]c2ccccc12)C(=O)N[C@H]1CCN(Cc2ccccc2)C1)c1ccc(F)cc1. The van der Waals surface area contributed by atoms with Crippen molar-refractivity contribution in [2.45, 2.75) is 31.5 Å². The molecule has 36 heavy (non-hydrogen) atoms. The van der Waals surface area contributed by atoms with Crippen LogP contribution in [-0.4, -0.2) is 46.9 Å². The van der Waals surface area contributed by atoms with E-state index in [-0.39, 0.29) is 11.9 Å². The molecule has 3 N–H and O–H groups in total. The average molecular weight is 485 g/mol. The van der Waals surface area contributed by atoms with E-state index < -0.39 is 17.8 Å². The highest BCUT2D eigenvalue weighted by atomic mass is 19.1. The van der Waals surface area contributed by atoms with Gasteiger partial charge in [-0.25, -0.2) is 4.39 Å². The lowest BCUT2D eigenvalue weighted by Gasteiger charge is -2.22. The van der Waals surface area contributed by atoms with E-state index in [1.165, 1.54) is 29.8 Å². The molecule has 7 heteroatoms. The summed E-state index contributed by atoms with van der Waals surface area (Å²) in [5.74, 6) is -1.05. The number of nitrogens with zero attached hydrogens (tertiary/aromatic N) is 1. The van der Waals surface area contributed by atoms with Crippen molar-refractivity contribution in [2.24, 2.45) is 0 Å². The van der Waals surface area contributed by atoms with E-state index in [1.807, 2.05) is 48.7 Å². The molecule has 2 heterocycles. The van der Waals surface area contributed by atoms with Crippen molar-refractivity contribution in [3.63, 3.8) is 0 Å². The Bertz CT molecular complexity index is 1340. The molecule has 4 aromatic rings. The van der Waals surface area contributed by atoms with Crippen molar-refractivity contribution in [3.8, 4) is 0 Å². The molecule has 6 nitrogen and oxygen atoms in total. The predicted molar refractivity (Wildman–Crippen MR) is 138 cm³/mol. The fourth-order valence-corrected chi connectivity index (χ4v) is 4.81. The molecule has 0 saturated carbocycles. The van der Waals surface area contributed by atoms with Crippen LogP contribution in [0.3, 0.4) is 0 Å². The highest BCUT2D eigenvalue weighted by Gasteiger charge is 2.29. The molecule has 1 aromatic heterocycles. The minimum atomic E-state index is -0.773. The maximum Gasteiger partial charge on any atom is 0.251 e. The summed E-state index contributed by atoms with van der Waals surface area (Å²) >= 11 is 0. The lowest BCUT2D eigenvalue weighted by Crippen LogP contribution is -2.51. The number of benzene rings is 3. The van der Waals surface area contributed by atoms with Crippen LogP contribution in [0.5, 0.6) is 0 Å². The van der Waals surface area contributed by atoms with Crippen LogP contribution in [0.25, 0.3) is 10.9 Å². The fraction of sp³-hybridized carbons (Fsp3) is 0.241. The number of likely N-dealkylation sites (tertiary alicyclic amines) is 1. The zero-order valence-corrected chi connectivity index (χ0v) is 19.9. The molecule has 3 aromatic carbocycles. The van der Waals surface area contributed by atoms with Gasteiger partial charge in [-0.1, -0.05) is 48.5 Å². The van der Waals surface area contributed by atoms with Crippen LogP contribution < -0.4 is 10.6 Å². The second-order valence-corrected chi connectivity index (χ2v) is 9.31. The quantitative estimate of drug-likeness (QED) is 0.353. The number of rotatable bonds is 8. The molecule has 0 unspecified atom stereocenters. The molecule has 0 radical (unpaired) electrons. The summed E-state index contributed by atoms with van der Waals surface area (Å²) in [5, 5.41) is 7.05. The second kappa shape index (κ2) is 10.7. The average Bonchev–Trinajstić information content (AvgIpc) is 3.51.